The molecule has 4 aromatic heterocycles. The number of benzene rings is 7. The average molecular weight is 716 g/mol. The topological polar surface area (TPSA) is 48.5 Å². The standard InChI is InChI=1S/C51H33N5/c1-4-13-34(14-5-1)45-33-46(54-50(53-45)36-15-6-2-7-16-36)35-22-26-40(27-23-35)56-49-32-38(25-29-43(49)44-20-12-30-52-51(44)56)37-24-28-42-41-19-10-11-21-47(41)55(48(42)31-37)39-17-8-3-9-18-39/h1-33H. The number of rotatable bonds is 6. The lowest BCUT2D eigenvalue weighted by atomic mass is 10.0. The minimum Gasteiger partial charge on any atom is -0.309 e. The summed E-state index contributed by atoms with van der Waals surface area (Å²) in [7, 11) is 0. The molecule has 262 valence electrons. The molecule has 0 N–H and O–H groups in total. The van der Waals surface area contributed by atoms with Crippen molar-refractivity contribution in [3.05, 3.63) is 200 Å². The van der Waals surface area contributed by atoms with E-state index < -0.39 is 0 Å². The first-order valence-corrected chi connectivity index (χ1v) is 18.9. The number of para-hydroxylation sites is 2. The molecule has 56 heavy (non-hydrogen) atoms. The molecule has 0 atom stereocenters. The van der Waals surface area contributed by atoms with Crippen LogP contribution in [-0.4, -0.2) is 24.1 Å². The van der Waals surface area contributed by atoms with Gasteiger partial charge in [-0.05, 0) is 71.8 Å². The Morgan fingerprint density at radius 3 is 1.52 bits per heavy atom. The van der Waals surface area contributed by atoms with E-state index in [4.69, 9.17) is 15.0 Å². The first kappa shape index (κ1) is 31.9. The van der Waals surface area contributed by atoms with Crippen LogP contribution in [0.15, 0.2) is 200 Å². The summed E-state index contributed by atoms with van der Waals surface area (Å²) in [6, 6.07) is 68.3. The minimum atomic E-state index is 0.701. The fraction of sp³-hybridized carbons (Fsp3) is 0. The number of aromatic nitrogens is 5. The molecule has 4 heterocycles. The molecule has 0 saturated carbocycles. The van der Waals surface area contributed by atoms with Gasteiger partial charge in [-0.3, -0.25) is 4.57 Å². The number of nitrogens with zero attached hydrogens (tertiary/aromatic N) is 5. The van der Waals surface area contributed by atoms with Crippen molar-refractivity contribution in [2.75, 3.05) is 0 Å². The van der Waals surface area contributed by atoms with Gasteiger partial charge in [0.25, 0.3) is 0 Å². The Kier molecular flexibility index (Phi) is 7.42. The van der Waals surface area contributed by atoms with Gasteiger partial charge in [0, 0.05) is 55.8 Å². The molecule has 5 heteroatoms. The van der Waals surface area contributed by atoms with Crippen LogP contribution in [0.2, 0.25) is 0 Å². The van der Waals surface area contributed by atoms with Gasteiger partial charge in [0.15, 0.2) is 5.82 Å². The first-order chi connectivity index (χ1) is 27.8. The summed E-state index contributed by atoms with van der Waals surface area (Å²) in [4.78, 5) is 15.0. The highest BCUT2D eigenvalue weighted by Crippen LogP contribution is 2.38. The van der Waals surface area contributed by atoms with Crippen molar-refractivity contribution in [3.8, 4) is 56.4 Å². The fourth-order valence-corrected chi connectivity index (χ4v) is 8.14. The molecule has 0 aliphatic carbocycles. The zero-order valence-corrected chi connectivity index (χ0v) is 30.3. The van der Waals surface area contributed by atoms with Crippen molar-refractivity contribution >= 4 is 43.7 Å². The number of fused-ring (bicyclic) bond motifs is 6. The maximum absolute atomic E-state index is 5.07. The number of pyridine rings is 1. The van der Waals surface area contributed by atoms with E-state index in [2.05, 4.69) is 161 Å². The van der Waals surface area contributed by atoms with Crippen LogP contribution in [0.4, 0.5) is 0 Å². The highest BCUT2D eigenvalue weighted by Gasteiger charge is 2.17. The maximum Gasteiger partial charge on any atom is 0.160 e. The molecule has 0 bridgehead atoms. The third-order valence-electron chi connectivity index (χ3n) is 10.8. The largest absolute Gasteiger partial charge is 0.309 e. The van der Waals surface area contributed by atoms with Gasteiger partial charge in [-0.2, -0.15) is 0 Å². The molecule has 0 aliphatic rings. The van der Waals surface area contributed by atoms with Crippen molar-refractivity contribution in [3.63, 3.8) is 0 Å². The van der Waals surface area contributed by atoms with Crippen molar-refractivity contribution in [2.45, 2.75) is 0 Å². The Hall–Kier alpha value is -7.63. The molecule has 0 fully saturated rings. The first-order valence-electron chi connectivity index (χ1n) is 18.9. The average Bonchev–Trinajstić information content (AvgIpc) is 3.79. The van der Waals surface area contributed by atoms with Crippen LogP contribution in [0, 0.1) is 0 Å². The van der Waals surface area contributed by atoms with Crippen LogP contribution >= 0.6 is 0 Å². The summed E-state index contributed by atoms with van der Waals surface area (Å²) in [5.41, 5.74) is 13.7. The molecule has 0 unspecified atom stereocenters. The lowest BCUT2D eigenvalue weighted by molar-refractivity contribution is 1.13. The Bertz CT molecular complexity index is 3160. The van der Waals surface area contributed by atoms with Crippen LogP contribution in [0.25, 0.3) is 100 Å². The molecule has 7 aromatic carbocycles. The molecular weight excluding hydrogens is 683 g/mol. The fourth-order valence-electron chi connectivity index (χ4n) is 8.14. The van der Waals surface area contributed by atoms with Crippen LogP contribution in [0.1, 0.15) is 0 Å². The van der Waals surface area contributed by atoms with E-state index in [0.717, 1.165) is 72.5 Å². The lowest BCUT2D eigenvalue weighted by Crippen LogP contribution is -1.97. The molecule has 11 rings (SSSR count). The third kappa shape index (κ3) is 5.29. The summed E-state index contributed by atoms with van der Waals surface area (Å²) in [5, 5.41) is 4.77. The van der Waals surface area contributed by atoms with E-state index in [1.807, 2.05) is 48.7 Å². The van der Waals surface area contributed by atoms with E-state index in [-0.39, 0.29) is 0 Å². The molecular formula is C51H33N5. The Labute approximate surface area is 323 Å². The second kappa shape index (κ2) is 13.0. The van der Waals surface area contributed by atoms with Crippen molar-refractivity contribution in [2.24, 2.45) is 0 Å². The molecule has 0 spiro atoms. The molecule has 0 amide bonds. The van der Waals surface area contributed by atoms with Gasteiger partial charge in [-0.25, -0.2) is 15.0 Å². The Morgan fingerprint density at radius 1 is 0.321 bits per heavy atom. The van der Waals surface area contributed by atoms with E-state index in [1.54, 1.807) is 0 Å². The van der Waals surface area contributed by atoms with Gasteiger partial charge in [0.1, 0.15) is 5.65 Å². The van der Waals surface area contributed by atoms with E-state index in [0.29, 0.717) is 5.82 Å². The monoisotopic (exact) mass is 715 g/mol. The molecule has 0 aliphatic heterocycles. The quantitative estimate of drug-likeness (QED) is 0.172. The van der Waals surface area contributed by atoms with E-state index in [9.17, 15) is 0 Å². The second-order valence-corrected chi connectivity index (χ2v) is 14.1. The zero-order valence-electron chi connectivity index (χ0n) is 30.3. The van der Waals surface area contributed by atoms with Gasteiger partial charge < -0.3 is 4.57 Å². The molecule has 11 aromatic rings. The predicted octanol–water partition coefficient (Wildman–Crippen LogP) is 12.7. The number of hydrogen-bond acceptors (Lipinski definition) is 3. The molecule has 0 radical (unpaired) electrons. The predicted molar refractivity (Wildman–Crippen MR) is 230 cm³/mol. The van der Waals surface area contributed by atoms with Crippen LogP contribution in [0.5, 0.6) is 0 Å². The highest BCUT2D eigenvalue weighted by molar-refractivity contribution is 6.11. The third-order valence-corrected chi connectivity index (χ3v) is 10.8. The Morgan fingerprint density at radius 2 is 0.821 bits per heavy atom. The van der Waals surface area contributed by atoms with Crippen molar-refractivity contribution in [1.82, 2.24) is 24.1 Å². The van der Waals surface area contributed by atoms with Gasteiger partial charge in [0.05, 0.1) is 27.9 Å². The van der Waals surface area contributed by atoms with Gasteiger partial charge >= 0.3 is 0 Å². The Balaban J connectivity index is 1.04. The summed E-state index contributed by atoms with van der Waals surface area (Å²) in [6.45, 7) is 0. The van der Waals surface area contributed by atoms with Crippen molar-refractivity contribution < 1.29 is 0 Å². The van der Waals surface area contributed by atoms with Crippen LogP contribution in [-0.2, 0) is 0 Å². The molecule has 5 nitrogen and oxygen atoms in total. The summed E-state index contributed by atoms with van der Waals surface area (Å²) >= 11 is 0. The highest BCUT2D eigenvalue weighted by atomic mass is 15.0. The molecule has 0 saturated heterocycles. The summed E-state index contributed by atoms with van der Waals surface area (Å²) in [6.07, 6.45) is 1.88. The maximum atomic E-state index is 5.07. The lowest BCUT2D eigenvalue weighted by Gasteiger charge is -2.12. The van der Waals surface area contributed by atoms with Gasteiger partial charge in [0.2, 0.25) is 0 Å². The van der Waals surface area contributed by atoms with E-state index >= 15 is 0 Å². The van der Waals surface area contributed by atoms with Gasteiger partial charge in [-0.15, -0.1) is 0 Å². The summed E-state index contributed by atoms with van der Waals surface area (Å²) in [5.74, 6) is 0.701. The number of hydrogen-bond donors (Lipinski definition) is 0. The smallest absolute Gasteiger partial charge is 0.160 e. The zero-order chi connectivity index (χ0) is 37.0. The van der Waals surface area contributed by atoms with E-state index in [1.165, 1.54) is 21.8 Å². The van der Waals surface area contributed by atoms with Gasteiger partial charge in [-0.1, -0.05) is 133 Å². The van der Waals surface area contributed by atoms with Crippen molar-refractivity contribution in [1.29, 1.82) is 0 Å². The van der Waals surface area contributed by atoms with Crippen LogP contribution in [0.3, 0.4) is 0 Å². The normalized spacial score (nSPS) is 11.6. The summed E-state index contributed by atoms with van der Waals surface area (Å²) < 4.78 is 4.65. The minimum absolute atomic E-state index is 0.701. The van der Waals surface area contributed by atoms with Crippen LogP contribution < -0.4 is 0 Å². The SMILES string of the molecule is c1ccc(-c2cc(-c3ccc(-n4c5cc(-c6ccc7c8ccccc8n(-c8ccccc8)c7c6)ccc5c5cccnc54)cc3)nc(-c3ccccc3)n2)cc1. The second-order valence-electron chi connectivity index (χ2n) is 14.1.